The van der Waals surface area contributed by atoms with Crippen LogP contribution in [0, 0.1) is 17.8 Å². The molecule has 4 fully saturated rings. The predicted octanol–water partition coefficient (Wildman–Crippen LogP) is 3.63. The number of fused-ring (bicyclic) bond motifs is 4. The number of nitrogens with one attached hydrogen (secondary N) is 1. The summed E-state index contributed by atoms with van der Waals surface area (Å²) in [5.41, 5.74) is 4.60. The van der Waals surface area contributed by atoms with Crippen molar-refractivity contribution in [3.8, 4) is 11.1 Å². The number of aliphatic carboxylic acids is 1. The summed E-state index contributed by atoms with van der Waals surface area (Å²) in [6, 6.07) is 15.4. The molecule has 7 rings (SSSR count). The minimum atomic E-state index is -0.834. The number of hydrogen-bond donors (Lipinski definition) is 2. The van der Waals surface area contributed by atoms with E-state index in [0.717, 1.165) is 41.5 Å². The fourth-order valence-electron chi connectivity index (χ4n) is 6.13. The van der Waals surface area contributed by atoms with Gasteiger partial charge >= 0.3 is 12.1 Å². The average molecular weight is 461 g/mol. The van der Waals surface area contributed by atoms with Gasteiger partial charge in [-0.2, -0.15) is 0 Å². The normalized spacial score (nSPS) is 25.2. The smallest absolute Gasteiger partial charge is 0.407 e. The monoisotopic (exact) mass is 460 g/mol. The second-order valence-corrected chi connectivity index (χ2v) is 10.1. The zero-order valence-electron chi connectivity index (χ0n) is 18.9. The number of carbonyl (C=O) groups is 3. The Labute approximate surface area is 198 Å². The van der Waals surface area contributed by atoms with E-state index in [9.17, 15) is 19.5 Å². The van der Waals surface area contributed by atoms with Crippen LogP contribution in [-0.2, 0) is 14.3 Å². The van der Waals surface area contributed by atoms with Crippen LogP contribution in [0.4, 0.5) is 4.79 Å². The van der Waals surface area contributed by atoms with Gasteiger partial charge in [-0.25, -0.2) is 4.79 Å². The van der Waals surface area contributed by atoms with Crippen molar-refractivity contribution in [2.24, 2.45) is 17.8 Å². The molecule has 2 aromatic carbocycles. The molecular weight excluding hydrogens is 432 g/mol. The Kier molecular flexibility index (Phi) is 5.08. The third-order valence-corrected chi connectivity index (χ3v) is 8.07. The van der Waals surface area contributed by atoms with E-state index in [1.165, 1.54) is 0 Å². The standard InChI is InChI=1S/C27H28N2O5/c30-25(29-13-16-12-23(29)24(16)26(31)32)22(11-15-9-10-15)28-27(33)34-14-21-19-7-3-1-5-17(19)18-6-2-4-8-20(18)21/h1-8,15-16,21-24H,9-14H2,(H,28,33)(H,31,32). The topological polar surface area (TPSA) is 95.9 Å². The van der Waals surface area contributed by atoms with Gasteiger partial charge < -0.3 is 20.1 Å². The second-order valence-electron chi connectivity index (χ2n) is 10.1. The van der Waals surface area contributed by atoms with E-state index in [1.807, 2.05) is 24.3 Å². The van der Waals surface area contributed by atoms with Gasteiger partial charge in [-0.15, -0.1) is 0 Å². The van der Waals surface area contributed by atoms with Crippen LogP contribution >= 0.6 is 0 Å². The van der Waals surface area contributed by atoms with Crippen molar-refractivity contribution >= 4 is 18.0 Å². The van der Waals surface area contributed by atoms with Crippen molar-refractivity contribution in [2.75, 3.05) is 13.2 Å². The molecule has 7 nitrogen and oxygen atoms in total. The number of carboxylic acids is 1. The number of ether oxygens (including phenoxy) is 1. The molecule has 4 unspecified atom stereocenters. The van der Waals surface area contributed by atoms with Crippen LogP contribution in [0.25, 0.3) is 11.1 Å². The number of carbonyl (C=O) groups excluding carboxylic acids is 2. The highest BCUT2D eigenvalue weighted by molar-refractivity contribution is 5.88. The summed E-state index contributed by atoms with van der Waals surface area (Å²) in [6.07, 6.45) is 2.83. The molecule has 176 valence electrons. The zero-order chi connectivity index (χ0) is 23.4. The van der Waals surface area contributed by atoms with Gasteiger partial charge in [0.15, 0.2) is 0 Å². The Morgan fingerprint density at radius 3 is 2.26 bits per heavy atom. The van der Waals surface area contributed by atoms with Crippen molar-refractivity contribution < 1.29 is 24.2 Å². The van der Waals surface area contributed by atoms with E-state index in [2.05, 4.69) is 29.6 Å². The number of nitrogens with zero attached hydrogens (tertiary/aromatic N) is 1. The maximum Gasteiger partial charge on any atom is 0.407 e. The van der Waals surface area contributed by atoms with Gasteiger partial charge in [-0.1, -0.05) is 61.4 Å². The van der Waals surface area contributed by atoms with Gasteiger partial charge in [-0.05, 0) is 46.9 Å². The molecule has 2 N–H and O–H groups in total. The largest absolute Gasteiger partial charge is 0.481 e. The molecule has 2 aromatic rings. The lowest BCUT2D eigenvalue weighted by Gasteiger charge is -2.34. The lowest BCUT2D eigenvalue weighted by Crippen LogP contribution is -2.52. The molecule has 4 atom stereocenters. The fraction of sp³-hybridized carbons (Fsp3) is 0.444. The number of rotatable bonds is 7. The Morgan fingerprint density at radius 1 is 1.03 bits per heavy atom. The molecule has 2 heterocycles. The minimum Gasteiger partial charge on any atom is -0.481 e. The predicted molar refractivity (Wildman–Crippen MR) is 124 cm³/mol. The summed E-state index contributed by atoms with van der Waals surface area (Å²) < 4.78 is 5.67. The first-order valence-corrected chi connectivity index (χ1v) is 12.2. The summed E-state index contributed by atoms with van der Waals surface area (Å²) >= 11 is 0. The highest BCUT2D eigenvalue weighted by atomic mass is 16.5. The molecule has 2 aliphatic heterocycles. The van der Waals surface area contributed by atoms with Gasteiger partial charge in [0.05, 0.1) is 5.92 Å². The number of amides is 2. The Balaban J connectivity index is 1.13. The quantitative estimate of drug-likeness (QED) is 0.658. The van der Waals surface area contributed by atoms with Crippen molar-refractivity contribution in [2.45, 2.75) is 43.7 Å². The van der Waals surface area contributed by atoms with E-state index >= 15 is 0 Å². The summed E-state index contributed by atoms with van der Waals surface area (Å²) in [5.74, 6) is -1.06. The van der Waals surface area contributed by atoms with Gasteiger partial charge in [0, 0.05) is 18.5 Å². The number of carboxylic acid groups (broad SMARTS) is 1. The number of alkyl carbamates (subject to hydrolysis) is 1. The molecule has 7 heteroatoms. The van der Waals surface area contributed by atoms with Crippen LogP contribution in [0.5, 0.6) is 0 Å². The van der Waals surface area contributed by atoms with Crippen molar-refractivity contribution in [3.05, 3.63) is 59.7 Å². The van der Waals surface area contributed by atoms with Crippen LogP contribution in [0.15, 0.2) is 48.5 Å². The first-order chi connectivity index (χ1) is 16.5. The summed E-state index contributed by atoms with van der Waals surface area (Å²) in [7, 11) is 0. The summed E-state index contributed by atoms with van der Waals surface area (Å²) in [6.45, 7) is 0.660. The molecule has 2 saturated heterocycles. The third-order valence-electron chi connectivity index (χ3n) is 8.07. The molecule has 3 aliphatic carbocycles. The van der Waals surface area contributed by atoms with Crippen molar-refractivity contribution in [1.29, 1.82) is 0 Å². The average Bonchev–Trinajstić information content (AvgIpc) is 3.27. The van der Waals surface area contributed by atoms with Crippen LogP contribution in [0.2, 0.25) is 0 Å². The molecular formula is C27H28N2O5. The summed E-state index contributed by atoms with van der Waals surface area (Å²) in [4.78, 5) is 39.3. The molecule has 34 heavy (non-hydrogen) atoms. The maximum absolute atomic E-state index is 13.3. The van der Waals surface area contributed by atoms with E-state index in [0.29, 0.717) is 18.9 Å². The Morgan fingerprint density at radius 2 is 1.68 bits per heavy atom. The van der Waals surface area contributed by atoms with E-state index in [-0.39, 0.29) is 30.4 Å². The SMILES string of the molecule is O=C(NC(CC1CC1)C(=O)N1CC2CC1C2C(=O)O)OCC1c2ccccc2-c2ccccc21. The Hall–Kier alpha value is -3.35. The lowest BCUT2D eigenvalue weighted by atomic mass is 9.74. The van der Waals surface area contributed by atoms with Crippen LogP contribution < -0.4 is 5.32 Å². The maximum atomic E-state index is 13.3. The fourth-order valence-corrected chi connectivity index (χ4v) is 6.13. The third kappa shape index (κ3) is 3.54. The number of benzene rings is 2. The van der Waals surface area contributed by atoms with Gasteiger partial charge in [0.25, 0.3) is 0 Å². The van der Waals surface area contributed by atoms with Crippen LogP contribution in [0.1, 0.15) is 42.7 Å². The lowest BCUT2D eigenvalue weighted by molar-refractivity contribution is -0.148. The van der Waals surface area contributed by atoms with Gasteiger partial charge in [0.2, 0.25) is 5.91 Å². The second kappa shape index (κ2) is 8.15. The zero-order valence-corrected chi connectivity index (χ0v) is 18.9. The van der Waals surface area contributed by atoms with Crippen LogP contribution in [0.3, 0.4) is 0 Å². The summed E-state index contributed by atoms with van der Waals surface area (Å²) in [5, 5.41) is 12.3. The Bertz CT molecular complexity index is 1110. The molecule has 2 amide bonds. The molecule has 0 aromatic heterocycles. The molecule has 2 bridgehead atoms. The highest BCUT2D eigenvalue weighted by Gasteiger charge is 2.57. The van der Waals surface area contributed by atoms with Gasteiger partial charge in [-0.3, -0.25) is 9.59 Å². The van der Waals surface area contributed by atoms with Crippen molar-refractivity contribution in [3.63, 3.8) is 0 Å². The minimum absolute atomic E-state index is 0.0301. The van der Waals surface area contributed by atoms with Crippen LogP contribution in [-0.4, -0.2) is 53.2 Å². The first kappa shape index (κ1) is 21.2. The molecule has 0 radical (unpaired) electrons. The van der Waals surface area contributed by atoms with E-state index in [1.54, 1.807) is 4.90 Å². The van der Waals surface area contributed by atoms with E-state index < -0.39 is 24.0 Å². The molecule has 0 spiro atoms. The van der Waals surface area contributed by atoms with Crippen molar-refractivity contribution in [1.82, 2.24) is 10.2 Å². The molecule has 5 aliphatic rings. The number of hydrogen-bond acceptors (Lipinski definition) is 4. The van der Waals surface area contributed by atoms with Gasteiger partial charge in [0.1, 0.15) is 12.6 Å². The first-order valence-electron chi connectivity index (χ1n) is 12.2. The highest BCUT2D eigenvalue weighted by Crippen LogP contribution is 2.47. The molecule has 2 saturated carbocycles. The van der Waals surface area contributed by atoms with E-state index in [4.69, 9.17) is 4.74 Å².